The van der Waals surface area contributed by atoms with E-state index >= 15 is 0 Å². The van der Waals surface area contributed by atoms with Crippen LogP contribution >= 0.6 is 0 Å². The number of benzene rings is 1. The zero-order chi connectivity index (χ0) is 22.4. The number of carbonyl (C=O) groups is 2. The Morgan fingerprint density at radius 2 is 1.86 bits per heavy atom. The maximum Gasteiger partial charge on any atom is 0.471 e. The summed E-state index contributed by atoms with van der Waals surface area (Å²) in [6.45, 7) is 5.95. The standard InChI is InChI=1S/C14H14F3NO4.C4H10N2Si/c1-21-9-5-8-3-4-18(13(20)14(15,16)17)7-11(8)10(6-9)12(19)22-2;1-7(2,3)4-6-5/h5-6H,3-4,7H2,1-2H3;4H,1-3H3. The quantitative estimate of drug-likeness (QED) is 0.242. The van der Waals surface area contributed by atoms with Crippen LogP contribution in [0.15, 0.2) is 12.1 Å². The molecule has 160 valence electrons. The SMILES string of the molecule is COC(=O)c1cc(OC)cc2c1CN(C(=O)C(F)(F)F)CC2.C[Si](C)(C)C=[N+]=[N-]. The lowest BCUT2D eigenvalue weighted by molar-refractivity contribution is -0.186. The van der Waals surface area contributed by atoms with E-state index in [0.29, 0.717) is 21.8 Å². The number of esters is 1. The number of alkyl halides is 3. The highest BCUT2D eigenvalue weighted by molar-refractivity contribution is 6.98. The second kappa shape index (κ2) is 9.70. The second-order valence-electron chi connectivity index (χ2n) is 7.39. The Morgan fingerprint density at radius 1 is 1.24 bits per heavy atom. The molecule has 1 aromatic carbocycles. The average molecular weight is 431 g/mol. The molecule has 0 bridgehead atoms. The normalized spacial score (nSPS) is 13.3. The molecule has 0 aliphatic carbocycles. The van der Waals surface area contributed by atoms with Crippen LogP contribution < -0.4 is 4.74 Å². The van der Waals surface area contributed by atoms with E-state index in [-0.39, 0.29) is 25.1 Å². The van der Waals surface area contributed by atoms with Gasteiger partial charge in [-0.2, -0.15) is 18.0 Å². The van der Waals surface area contributed by atoms with Crippen molar-refractivity contribution in [3.63, 3.8) is 0 Å². The highest BCUT2D eigenvalue weighted by Gasteiger charge is 2.43. The number of halogens is 3. The van der Waals surface area contributed by atoms with Crippen molar-refractivity contribution in [3.05, 3.63) is 34.4 Å². The molecule has 0 atom stereocenters. The van der Waals surface area contributed by atoms with Crippen molar-refractivity contribution >= 4 is 25.8 Å². The smallest absolute Gasteiger partial charge is 0.471 e. The lowest BCUT2D eigenvalue weighted by Crippen LogP contribution is -2.44. The summed E-state index contributed by atoms with van der Waals surface area (Å²) in [5.74, 6) is -0.552. The van der Waals surface area contributed by atoms with Crippen LogP contribution in [-0.4, -0.2) is 62.4 Å². The van der Waals surface area contributed by atoms with Gasteiger partial charge in [-0.05, 0) is 29.7 Å². The van der Waals surface area contributed by atoms with Crippen molar-refractivity contribution in [1.82, 2.24) is 4.90 Å². The van der Waals surface area contributed by atoms with Gasteiger partial charge in [-0.1, -0.05) is 19.6 Å². The summed E-state index contributed by atoms with van der Waals surface area (Å²) in [5.41, 5.74) is 9.14. The molecule has 2 rings (SSSR count). The fourth-order valence-corrected chi connectivity index (χ4v) is 2.92. The molecule has 0 N–H and O–H groups in total. The Bertz CT molecular complexity index is 816. The average Bonchev–Trinajstić information content (AvgIpc) is 2.64. The fourth-order valence-electron chi connectivity index (χ4n) is 2.57. The molecule has 1 amide bonds. The molecule has 1 heterocycles. The maximum atomic E-state index is 12.6. The van der Waals surface area contributed by atoms with Crippen LogP contribution in [0, 0.1) is 0 Å². The van der Waals surface area contributed by atoms with Crippen molar-refractivity contribution in [2.45, 2.75) is 38.8 Å². The summed E-state index contributed by atoms with van der Waals surface area (Å²) in [6, 6.07) is 3.05. The maximum absolute atomic E-state index is 12.6. The summed E-state index contributed by atoms with van der Waals surface area (Å²) in [4.78, 5) is 26.8. The first-order valence-corrected chi connectivity index (χ1v) is 12.2. The number of methoxy groups -OCH3 is 2. The molecular weight excluding hydrogens is 407 g/mol. The van der Waals surface area contributed by atoms with Crippen molar-refractivity contribution in [3.8, 4) is 5.75 Å². The minimum absolute atomic E-state index is 0.0703. The van der Waals surface area contributed by atoms with Crippen molar-refractivity contribution in [2.24, 2.45) is 0 Å². The Labute approximate surface area is 168 Å². The minimum Gasteiger partial charge on any atom is -0.497 e. The van der Waals surface area contributed by atoms with E-state index in [4.69, 9.17) is 10.3 Å². The summed E-state index contributed by atoms with van der Waals surface area (Å²) in [5, 5.41) is 0. The number of rotatable bonds is 3. The fraction of sp³-hybridized carbons (Fsp3) is 0.500. The number of fused-ring (bicyclic) bond motifs is 1. The van der Waals surface area contributed by atoms with Gasteiger partial charge in [0.25, 0.3) is 0 Å². The van der Waals surface area contributed by atoms with E-state index in [1.165, 1.54) is 20.3 Å². The van der Waals surface area contributed by atoms with Crippen LogP contribution in [0.5, 0.6) is 5.75 Å². The predicted molar refractivity (Wildman–Crippen MR) is 103 cm³/mol. The molecule has 0 fully saturated rings. The Hall–Kier alpha value is -2.65. The lowest BCUT2D eigenvalue weighted by atomic mass is 9.94. The molecule has 0 spiro atoms. The third-order valence-electron chi connectivity index (χ3n) is 3.93. The highest BCUT2D eigenvalue weighted by Crippen LogP contribution is 2.30. The Morgan fingerprint density at radius 3 is 2.28 bits per heavy atom. The van der Waals surface area contributed by atoms with Gasteiger partial charge in [-0.25, -0.2) is 4.79 Å². The van der Waals surface area contributed by atoms with E-state index < -0.39 is 26.1 Å². The molecule has 7 nitrogen and oxygen atoms in total. The molecule has 29 heavy (non-hydrogen) atoms. The predicted octanol–water partition coefficient (Wildman–Crippen LogP) is 3.09. The van der Waals surface area contributed by atoms with Crippen LogP contribution in [0.2, 0.25) is 19.6 Å². The third-order valence-corrected chi connectivity index (χ3v) is 4.82. The number of amides is 1. The lowest BCUT2D eigenvalue weighted by Gasteiger charge is -2.30. The van der Waals surface area contributed by atoms with Gasteiger partial charge in [0.15, 0.2) is 8.07 Å². The van der Waals surface area contributed by atoms with Crippen LogP contribution in [0.1, 0.15) is 21.5 Å². The van der Waals surface area contributed by atoms with Crippen molar-refractivity contribution in [2.75, 3.05) is 20.8 Å². The summed E-state index contributed by atoms with van der Waals surface area (Å²) < 4.78 is 47.4. The summed E-state index contributed by atoms with van der Waals surface area (Å²) in [6.07, 6.45) is -4.73. The minimum atomic E-state index is -4.94. The first kappa shape index (κ1) is 24.4. The first-order chi connectivity index (χ1) is 13.3. The molecular formula is C18H24F3N3O4Si. The molecule has 0 radical (unpaired) electrons. The zero-order valence-corrected chi connectivity index (χ0v) is 18.0. The first-order valence-electron chi connectivity index (χ1n) is 8.66. The van der Waals surface area contributed by atoms with Gasteiger partial charge in [0, 0.05) is 13.1 Å². The van der Waals surface area contributed by atoms with E-state index in [1.807, 2.05) is 0 Å². The van der Waals surface area contributed by atoms with Crippen LogP contribution in [-0.2, 0) is 22.5 Å². The van der Waals surface area contributed by atoms with Crippen LogP contribution in [0.25, 0.3) is 5.53 Å². The number of carbonyl (C=O) groups excluding carboxylic acids is 2. The molecule has 0 unspecified atom stereocenters. The molecule has 1 aliphatic heterocycles. The van der Waals surface area contributed by atoms with Crippen molar-refractivity contribution in [1.29, 1.82) is 0 Å². The van der Waals surface area contributed by atoms with Gasteiger partial charge >= 0.3 is 18.1 Å². The van der Waals surface area contributed by atoms with Gasteiger partial charge in [0.2, 0.25) is 5.84 Å². The molecule has 1 aliphatic rings. The zero-order valence-electron chi connectivity index (χ0n) is 17.0. The monoisotopic (exact) mass is 431 g/mol. The van der Waals surface area contributed by atoms with Crippen LogP contribution in [0.3, 0.4) is 0 Å². The molecule has 11 heteroatoms. The number of nitrogens with zero attached hydrogens (tertiary/aromatic N) is 3. The topological polar surface area (TPSA) is 92.2 Å². The summed E-state index contributed by atoms with van der Waals surface area (Å²) >= 11 is 0. The van der Waals surface area contributed by atoms with Gasteiger partial charge in [0.1, 0.15) is 5.75 Å². The van der Waals surface area contributed by atoms with Gasteiger partial charge in [-0.15, -0.1) is 0 Å². The van der Waals surface area contributed by atoms with E-state index in [2.05, 4.69) is 29.2 Å². The van der Waals surface area contributed by atoms with E-state index in [9.17, 15) is 22.8 Å². The second-order valence-corrected chi connectivity index (χ2v) is 12.4. The largest absolute Gasteiger partial charge is 0.497 e. The summed E-state index contributed by atoms with van der Waals surface area (Å²) in [7, 11) is 1.40. The Kier molecular flexibility index (Phi) is 8.16. The van der Waals surface area contributed by atoms with Crippen LogP contribution in [0.4, 0.5) is 13.2 Å². The van der Waals surface area contributed by atoms with Gasteiger partial charge < -0.3 is 19.9 Å². The van der Waals surface area contributed by atoms with Gasteiger partial charge in [-0.3, -0.25) is 4.79 Å². The van der Waals surface area contributed by atoms with E-state index in [1.54, 1.807) is 11.9 Å². The molecule has 1 aromatic rings. The van der Waals surface area contributed by atoms with E-state index in [0.717, 1.165) is 0 Å². The number of hydrogen-bond donors (Lipinski definition) is 0. The molecule has 0 saturated heterocycles. The highest BCUT2D eigenvalue weighted by atomic mass is 28.3. The van der Waals surface area contributed by atoms with Gasteiger partial charge in [0.05, 0.1) is 19.8 Å². The molecule has 0 saturated carbocycles. The number of hydrogen-bond acceptors (Lipinski definition) is 4. The third kappa shape index (κ3) is 7.03. The number of ether oxygens (including phenoxy) is 2. The molecule has 0 aromatic heterocycles. The Balaban J connectivity index is 0.000000516. The van der Waals surface area contributed by atoms with Crippen molar-refractivity contribution < 1.29 is 37.0 Å².